The Morgan fingerprint density at radius 3 is 1.60 bits per heavy atom. The third kappa shape index (κ3) is 19.5. The highest BCUT2D eigenvalue weighted by Crippen LogP contribution is 1.21. The van der Waals surface area contributed by atoms with Gasteiger partial charge in [-0.25, -0.2) is 0 Å². The van der Waals surface area contributed by atoms with Crippen molar-refractivity contribution < 1.29 is 0 Å². The fourth-order valence-electron chi connectivity index (χ4n) is 0. The van der Waals surface area contributed by atoms with Gasteiger partial charge in [0, 0.05) is 6.92 Å². The quantitative estimate of drug-likeness (QED) is 0.295. The van der Waals surface area contributed by atoms with E-state index in [1.165, 1.54) is 6.92 Å². The van der Waals surface area contributed by atoms with Crippen LogP contribution in [0.2, 0.25) is 0 Å². The van der Waals surface area contributed by atoms with Gasteiger partial charge in [-0.1, -0.05) is 0 Å². The number of nitriles is 1. The second-order valence-electron chi connectivity index (χ2n) is 0.224. The molecule has 0 aliphatic carbocycles. The highest BCUT2D eigenvalue weighted by atomic mass is 15.0. The van der Waals surface area contributed by atoms with Crippen LogP contribution in [-0.2, 0) is 0 Å². The number of hydrogen-bond donors (Lipinski definition) is 2. The molecule has 0 unspecified atom stereocenters. The second-order valence-corrected chi connectivity index (χ2v) is 0.224. The van der Waals surface area contributed by atoms with E-state index in [4.69, 9.17) is 5.26 Å². The van der Waals surface area contributed by atoms with Crippen LogP contribution in [0, 0.1) is 11.3 Å². The van der Waals surface area contributed by atoms with Gasteiger partial charge in [0.15, 0.2) is 0 Å². The summed E-state index contributed by atoms with van der Waals surface area (Å²) in [4.78, 5) is 0. The number of nitrogens with two attached hydrogens (primary N) is 2. The van der Waals surface area contributed by atoms with Crippen LogP contribution in [0.15, 0.2) is 0 Å². The smallest absolute Gasteiger partial charge is 0.0587 e. The molecule has 0 amide bonds. The number of hydrogen-bond acceptors (Lipinski definition) is 3. The summed E-state index contributed by atoms with van der Waals surface area (Å²) in [5.74, 6) is 8.00. The summed E-state index contributed by atoms with van der Waals surface area (Å²) in [6.45, 7) is 1.43. The zero-order chi connectivity index (χ0) is 4.71. The SMILES string of the molecule is CC#N.NN. The molecule has 3 heteroatoms. The molecule has 3 nitrogen and oxygen atoms in total. The monoisotopic (exact) mass is 73.1 g/mol. The normalized spacial score (nSPS) is 2.80. The van der Waals surface area contributed by atoms with Crippen molar-refractivity contribution in [3.8, 4) is 6.07 Å². The van der Waals surface area contributed by atoms with Crippen molar-refractivity contribution in [3.63, 3.8) is 0 Å². The molecule has 0 saturated heterocycles. The van der Waals surface area contributed by atoms with Crippen molar-refractivity contribution in [1.82, 2.24) is 0 Å². The summed E-state index contributed by atoms with van der Waals surface area (Å²) in [6, 6.07) is 1.75. The molecule has 0 spiro atoms. The highest BCUT2D eigenvalue weighted by Gasteiger charge is 1.17. The van der Waals surface area contributed by atoms with Gasteiger partial charge in [0.1, 0.15) is 0 Å². The molecule has 0 aromatic rings. The van der Waals surface area contributed by atoms with E-state index in [0.29, 0.717) is 0 Å². The van der Waals surface area contributed by atoms with E-state index in [9.17, 15) is 0 Å². The summed E-state index contributed by atoms with van der Waals surface area (Å²) in [5.41, 5.74) is 0. The van der Waals surface area contributed by atoms with E-state index >= 15 is 0 Å². The van der Waals surface area contributed by atoms with Crippen LogP contribution in [-0.4, -0.2) is 0 Å². The Balaban J connectivity index is 0. The molecule has 30 valence electrons. The molecule has 0 aliphatic heterocycles. The fourth-order valence-corrected chi connectivity index (χ4v) is 0. The summed E-state index contributed by atoms with van der Waals surface area (Å²) < 4.78 is 0. The number of rotatable bonds is 0. The van der Waals surface area contributed by atoms with Crippen molar-refractivity contribution in [2.45, 2.75) is 6.92 Å². The Kier molecular flexibility index (Phi) is 208. The summed E-state index contributed by atoms with van der Waals surface area (Å²) in [6.07, 6.45) is 0. The van der Waals surface area contributed by atoms with Crippen LogP contribution < -0.4 is 11.7 Å². The minimum absolute atomic E-state index is 1.43. The van der Waals surface area contributed by atoms with E-state index in [-0.39, 0.29) is 0 Å². The average Bonchev–Trinajstić information content (AvgIpc) is 1.46. The van der Waals surface area contributed by atoms with Crippen LogP contribution in [0.25, 0.3) is 0 Å². The molecule has 0 rings (SSSR count). The maximum absolute atomic E-state index is 7.32. The Labute approximate surface area is 31.2 Å². The van der Waals surface area contributed by atoms with E-state index in [2.05, 4.69) is 11.7 Å². The van der Waals surface area contributed by atoms with Crippen molar-refractivity contribution in [3.05, 3.63) is 0 Å². The molecular weight excluding hydrogens is 66.0 g/mol. The standard InChI is InChI=1S/C2H3N.H4N2/c1-2-3;1-2/h1H3;1-2H2. The number of hydrazine groups is 1. The minimum Gasteiger partial charge on any atom is -0.274 e. The van der Waals surface area contributed by atoms with E-state index in [0.717, 1.165) is 0 Å². The van der Waals surface area contributed by atoms with Crippen LogP contribution >= 0.6 is 0 Å². The molecular formula is C2H7N3. The van der Waals surface area contributed by atoms with Gasteiger partial charge >= 0.3 is 0 Å². The van der Waals surface area contributed by atoms with Gasteiger partial charge in [-0.05, 0) is 0 Å². The van der Waals surface area contributed by atoms with Crippen LogP contribution in [0.1, 0.15) is 6.92 Å². The van der Waals surface area contributed by atoms with Crippen molar-refractivity contribution >= 4 is 0 Å². The largest absolute Gasteiger partial charge is 0.274 e. The van der Waals surface area contributed by atoms with E-state index in [1.54, 1.807) is 6.07 Å². The Morgan fingerprint density at radius 2 is 1.60 bits per heavy atom. The molecule has 5 heavy (non-hydrogen) atoms. The first kappa shape index (κ1) is 8.83. The van der Waals surface area contributed by atoms with Crippen molar-refractivity contribution in [2.24, 2.45) is 11.7 Å². The predicted molar refractivity (Wildman–Crippen MR) is 19.7 cm³/mol. The first-order valence-electron chi connectivity index (χ1n) is 1.06. The van der Waals surface area contributed by atoms with Gasteiger partial charge in [0.2, 0.25) is 0 Å². The van der Waals surface area contributed by atoms with E-state index in [1.807, 2.05) is 0 Å². The van der Waals surface area contributed by atoms with Gasteiger partial charge in [-0.15, -0.1) is 0 Å². The van der Waals surface area contributed by atoms with Gasteiger partial charge < -0.3 is 0 Å². The molecule has 0 radical (unpaired) electrons. The predicted octanol–water partition coefficient (Wildman–Crippen LogP) is -0.651. The fraction of sp³-hybridized carbons (Fsp3) is 0.500. The first-order chi connectivity index (χ1) is 2.41. The topological polar surface area (TPSA) is 75.8 Å². The maximum atomic E-state index is 7.32. The molecule has 0 aromatic heterocycles. The lowest BCUT2D eigenvalue weighted by molar-refractivity contribution is 1.26. The Morgan fingerprint density at radius 1 is 1.60 bits per heavy atom. The maximum Gasteiger partial charge on any atom is 0.0587 e. The molecule has 0 fully saturated rings. The lowest BCUT2D eigenvalue weighted by atomic mass is 11.0. The zero-order valence-corrected chi connectivity index (χ0v) is 3.10. The van der Waals surface area contributed by atoms with Crippen molar-refractivity contribution in [1.29, 1.82) is 5.26 Å². The molecule has 0 saturated carbocycles. The van der Waals surface area contributed by atoms with Crippen molar-refractivity contribution in [2.75, 3.05) is 0 Å². The molecule has 0 bridgehead atoms. The third-order valence-corrected chi connectivity index (χ3v) is 0. The lowest BCUT2D eigenvalue weighted by Crippen LogP contribution is -2.02. The Bertz CT molecular complexity index is 26.4. The molecule has 0 aromatic carbocycles. The molecule has 0 aliphatic rings. The second kappa shape index (κ2) is 118. The lowest BCUT2D eigenvalue weighted by Gasteiger charge is -1.27. The molecule has 4 N–H and O–H groups in total. The minimum atomic E-state index is 1.43. The Hall–Kier alpha value is -0.590. The van der Waals surface area contributed by atoms with Gasteiger partial charge in [0.05, 0.1) is 6.07 Å². The van der Waals surface area contributed by atoms with Crippen LogP contribution in [0.3, 0.4) is 0 Å². The third-order valence-electron chi connectivity index (χ3n) is 0. The number of nitrogens with zero attached hydrogens (tertiary/aromatic N) is 1. The summed E-state index contributed by atoms with van der Waals surface area (Å²) in [7, 11) is 0. The highest BCUT2D eigenvalue weighted by molar-refractivity contribution is 4.51. The first-order valence-corrected chi connectivity index (χ1v) is 1.06. The van der Waals surface area contributed by atoms with Crippen LogP contribution in [0.4, 0.5) is 0 Å². The molecule has 0 atom stereocenters. The summed E-state index contributed by atoms with van der Waals surface area (Å²) in [5, 5.41) is 7.32. The summed E-state index contributed by atoms with van der Waals surface area (Å²) >= 11 is 0. The van der Waals surface area contributed by atoms with Gasteiger partial charge in [0.25, 0.3) is 0 Å². The van der Waals surface area contributed by atoms with E-state index < -0.39 is 0 Å². The van der Waals surface area contributed by atoms with Gasteiger partial charge in [-0.2, -0.15) is 5.26 Å². The zero-order valence-electron chi connectivity index (χ0n) is 3.10. The van der Waals surface area contributed by atoms with Gasteiger partial charge in [-0.3, -0.25) is 11.7 Å². The molecule has 0 heterocycles. The average molecular weight is 73.1 g/mol. The van der Waals surface area contributed by atoms with Crippen LogP contribution in [0.5, 0.6) is 0 Å².